The lowest BCUT2D eigenvalue weighted by atomic mass is 10.1. The number of non-ortho nitro benzene ring substituents is 1. The second-order valence-electron chi connectivity index (χ2n) is 4.12. The Balaban J connectivity index is 2.38. The molecule has 0 saturated carbocycles. The fourth-order valence-corrected chi connectivity index (χ4v) is 1.94. The summed E-state index contributed by atoms with van der Waals surface area (Å²) >= 11 is 5.96. The van der Waals surface area contributed by atoms with Gasteiger partial charge in [-0.3, -0.25) is 14.9 Å². The van der Waals surface area contributed by atoms with E-state index in [9.17, 15) is 14.9 Å². The third kappa shape index (κ3) is 2.78. The van der Waals surface area contributed by atoms with Crippen molar-refractivity contribution in [2.24, 2.45) is 0 Å². The molecule has 0 fully saturated rings. The van der Waals surface area contributed by atoms with E-state index in [-0.39, 0.29) is 16.3 Å². The zero-order valence-electron chi connectivity index (χ0n) is 10.6. The summed E-state index contributed by atoms with van der Waals surface area (Å²) in [6, 6.07) is 12.8. The molecule has 2 aromatic rings. The summed E-state index contributed by atoms with van der Waals surface area (Å²) in [5, 5.41) is 10.9. The smallest absolute Gasteiger partial charge is 0.270 e. The van der Waals surface area contributed by atoms with Crippen molar-refractivity contribution >= 4 is 28.9 Å². The van der Waals surface area contributed by atoms with Crippen LogP contribution in [0.3, 0.4) is 0 Å². The van der Waals surface area contributed by atoms with Crippen LogP contribution in [0.1, 0.15) is 10.4 Å². The van der Waals surface area contributed by atoms with Crippen LogP contribution in [-0.4, -0.2) is 17.9 Å². The van der Waals surface area contributed by atoms with Gasteiger partial charge in [-0.25, -0.2) is 0 Å². The molecular formula is C14H11ClN2O3. The van der Waals surface area contributed by atoms with Gasteiger partial charge in [-0.1, -0.05) is 29.8 Å². The summed E-state index contributed by atoms with van der Waals surface area (Å²) in [5.74, 6) is -0.398. The molecule has 0 spiro atoms. The Kier molecular flexibility index (Phi) is 4.00. The van der Waals surface area contributed by atoms with Gasteiger partial charge in [0.05, 0.1) is 15.5 Å². The van der Waals surface area contributed by atoms with Crippen molar-refractivity contribution in [3.05, 3.63) is 69.2 Å². The summed E-state index contributed by atoms with van der Waals surface area (Å²) in [5.41, 5.74) is 0.617. The van der Waals surface area contributed by atoms with Gasteiger partial charge in [-0.2, -0.15) is 0 Å². The van der Waals surface area contributed by atoms with Crippen molar-refractivity contribution in [3.8, 4) is 0 Å². The molecule has 0 radical (unpaired) electrons. The van der Waals surface area contributed by atoms with E-state index in [4.69, 9.17) is 11.6 Å². The Bertz CT molecular complexity index is 659. The standard InChI is InChI=1S/C14H11ClN2O3/c1-16(10-5-3-2-4-6-10)14(18)12-9-11(17(19)20)7-8-13(12)15/h2-9H,1H3. The van der Waals surface area contributed by atoms with Crippen LogP contribution in [0, 0.1) is 10.1 Å². The van der Waals surface area contributed by atoms with Gasteiger partial charge in [0, 0.05) is 24.9 Å². The van der Waals surface area contributed by atoms with Crippen LogP contribution in [0.5, 0.6) is 0 Å². The summed E-state index contributed by atoms with van der Waals surface area (Å²) in [6.45, 7) is 0. The molecular weight excluding hydrogens is 280 g/mol. The quantitative estimate of drug-likeness (QED) is 0.642. The molecule has 1 amide bonds. The normalized spacial score (nSPS) is 10.1. The maximum atomic E-state index is 12.4. The molecule has 0 heterocycles. The maximum Gasteiger partial charge on any atom is 0.270 e. The van der Waals surface area contributed by atoms with Gasteiger partial charge < -0.3 is 4.90 Å². The Morgan fingerprint density at radius 1 is 1.20 bits per heavy atom. The molecule has 0 atom stereocenters. The van der Waals surface area contributed by atoms with Crippen LogP contribution >= 0.6 is 11.6 Å². The number of nitro benzene ring substituents is 1. The predicted molar refractivity (Wildman–Crippen MR) is 77.3 cm³/mol. The topological polar surface area (TPSA) is 63.5 Å². The molecule has 6 heteroatoms. The molecule has 5 nitrogen and oxygen atoms in total. The van der Waals surface area contributed by atoms with Crippen molar-refractivity contribution < 1.29 is 9.72 Å². The molecule has 0 aliphatic rings. The predicted octanol–water partition coefficient (Wildman–Crippen LogP) is 3.52. The molecule has 0 aliphatic heterocycles. The van der Waals surface area contributed by atoms with Crippen molar-refractivity contribution in [3.63, 3.8) is 0 Å². The van der Waals surface area contributed by atoms with E-state index in [1.807, 2.05) is 6.07 Å². The number of hydrogen-bond acceptors (Lipinski definition) is 3. The van der Waals surface area contributed by atoms with E-state index in [0.717, 1.165) is 0 Å². The Labute approximate surface area is 120 Å². The first kappa shape index (κ1) is 14.0. The Morgan fingerprint density at radius 2 is 1.85 bits per heavy atom. The van der Waals surface area contributed by atoms with Crippen molar-refractivity contribution in [1.29, 1.82) is 0 Å². The summed E-state index contributed by atoms with van der Waals surface area (Å²) in [4.78, 5) is 24.0. The number of hydrogen-bond donors (Lipinski definition) is 0. The van der Waals surface area contributed by atoms with Crippen LogP contribution in [0.4, 0.5) is 11.4 Å². The molecule has 20 heavy (non-hydrogen) atoms. The molecule has 2 aromatic carbocycles. The second kappa shape index (κ2) is 5.71. The van der Waals surface area contributed by atoms with Gasteiger partial charge in [-0.05, 0) is 18.2 Å². The summed E-state index contributed by atoms with van der Waals surface area (Å²) in [7, 11) is 1.59. The van der Waals surface area contributed by atoms with Gasteiger partial charge in [0.25, 0.3) is 11.6 Å². The van der Waals surface area contributed by atoms with Crippen molar-refractivity contribution in [2.45, 2.75) is 0 Å². The third-order valence-electron chi connectivity index (χ3n) is 2.84. The van der Waals surface area contributed by atoms with Gasteiger partial charge in [0.2, 0.25) is 0 Å². The number of amides is 1. The van der Waals surface area contributed by atoms with Gasteiger partial charge >= 0.3 is 0 Å². The fourth-order valence-electron chi connectivity index (χ4n) is 1.74. The Hall–Kier alpha value is -2.40. The molecule has 0 aliphatic carbocycles. The van der Waals surface area contributed by atoms with Crippen LogP contribution in [0.25, 0.3) is 0 Å². The van der Waals surface area contributed by atoms with E-state index >= 15 is 0 Å². The number of benzene rings is 2. The average Bonchev–Trinajstić information content (AvgIpc) is 2.47. The zero-order chi connectivity index (χ0) is 14.7. The molecule has 102 valence electrons. The summed E-state index contributed by atoms with van der Waals surface area (Å²) < 4.78 is 0. The average molecular weight is 291 g/mol. The molecule has 0 saturated heterocycles. The summed E-state index contributed by atoms with van der Waals surface area (Å²) in [6.07, 6.45) is 0. The highest BCUT2D eigenvalue weighted by Gasteiger charge is 2.19. The number of carbonyl (C=O) groups is 1. The highest BCUT2D eigenvalue weighted by Crippen LogP contribution is 2.24. The molecule has 2 rings (SSSR count). The molecule has 0 unspecified atom stereocenters. The van der Waals surface area contributed by atoms with Crippen LogP contribution in [0.15, 0.2) is 48.5 Å². The first-order valence-electron chi connectivity index (χ1n) is 5.78. The number of halogens is 1. The van der Waals surface area contributed by atoms with Gasteiger partial charge in [0.1, 0.15) is 0 Å². The van der Waals surface area contributed by atoms with E-state index in [1.165, 1.54) is 23.1 Å². The van der Waals surface area contributed by atoms with E-state index in [1.54, 1.807) is 31.3 Å². The minimum Gasteiger partial charge on any atom is -0.311 e. The SMILES string of the molecule is CN(C(=O)c1cc([N+](=O)[O-])ccc1Cl)c1ccccc1. The fraction of sp³-hybridized carbons (Fsp3) is 0.0714. The minimum absolute atomic E-state index is 0.104. The largest absolute Gasteiger partial charge is 0.311 e. The number of nitrogens with zero attached hydrogens (tertiary/aromatic N) is 2. The van der Waals surface area contributed by atoms with Gasteiger partial charge in [-0.15, -0.1) is 0 Å². The van der Waals surface area contributed by atoms with E-state index < -0.39 is 10.8 Å². The highest BCUT2D eigenvalue weighted by atomic mass is 35.5. The van der Waals surface area contributed by atoms with E-state index in [0.29, 0.717) is 5.69 Å². The zero-order valence-corrected chi connectivity index (χ0v) is 11.4. The van der Waals surface area contributed by atoms with Gasteiger partial charge in [0.15, 0.2) is 0 Å². The number of anilines is 1. The monoisotopic (exact) mass is 290 g/mol. The molecule has 0 aromatic heterocycles. The second-order valence-corrected chi connectivity index (χ2v) is 4.53. The highest BCUT2D eigenvalue weighted by molar-refractivity contribution is 6.34. The van der Waals surface area contributed by atoms with Crippen molar-refractivity contribution in [1.82, 2.24) is 0 Å². The lowest BCUT2D eigenvalue weighted by Gasteiger charge is -2.17. The molecule has 0 N–H and O–H groups in total. The van der Waals surface area contributed by atoms with Crippen LogP contribution < -0.4 is 4.90 Å². The van der Waals surface area contributed by atoms with Crippen molar-refractivity contribution in [2.75, 3.05) is 11.9 Å². The first-order chi connectivity index (χ1) is 9.50. The lowest BCUT2D eigenvalue weighted by molar-refractivity contribution is -0.384. The minimum atomic E-state index is -0.560. The number of nitro groups is 1. The first-order valence-corrected chi connectivity index (χ1v) is 6.15. The lowest BCUT2D eigenvalue weighted by Crippen LogP contribution is -2.26. The van der Waals surface area contributed by atoms with Crippen LogP contribution in [-0.2, 0) is 0 Å². The van der Waals surface area contributed by atoms with E-state index in [2.05, 4.69) is 0 Å². The number of carbonyl (C=O) groups excluding carboxylic acids is 1. The third-order valence-corrected chi connectivity index (χ3v) is 3.17. The number of para-hydroxylation sites is 1. The number of rotatable bonds is 3. The Morgan fingerprint density at radius 3 is 2.45 bits per heavy atom. The molecule has 0 bridgehead atoms. The van der Waals surface area contributed by atoms with Crippen LogP contribution in [0.2, 0.25) is 5.02 Å². The maximum absolute atomic E-state index is 12.4.